The lowest BCUT2D eigenvalue weighted by Crippen LogP contribution is -2.47. The van der Waals surface area contributed by atoms with Crippen molar-refractivity contribution in [2.45, 2.75) is 57.7 Å². The van der Waals surface area contributed by atoms with Gasteiger partial charge in [-0.1, -0.05) is 39.0 Å². The van der Waals surface area contributed by atoms with Gasteiger partial charge in [0.05, 0.1) is 7.11 Å². The number of nitrogens with one attached hydrogen (secondary N) is 1. The monoisotopic (exact) mass is 283 g/mol. The molecule has 1 atom stereocenters. The van der Waals surface area contributed by atoms with Gasteiger partial charge in [-0.15, -0.1) is 0 Å². The number of halogens is 3. The van der Waals surface area contributed by atoms with Crippen molar-refractivity contribution in [2.24, 2.45) is 0 Å². The number of rotatable bonds is 8. The zero-order chi connectivity index (χ0) is 14.9. The lowest BCUT2D eigenvalue weighted by atomic mass is 10.1. The molecule has 0 spiro atoms. The van der Waals surface area contributed by atoms with Crippen molar-refractivity contribution in [3.63, 3.8) is 0 Å². The third-order valence-corrected chi connectivity index (χ3v) is 2.64. The van der Waals surface area contributed by atoms with Crippen LogP contribution in [0, 0.1) is 0 Å². The highest BCUT2D eigenvalue weighted by molar-refractivity contribution is 5.87. The molecule has 0 aliphatic heterocycles. The van der Waals surface area contributed by atoms with Gasteiger partial charge < -0.3 is 10.1 Å². The number of methoxy groups -OCH3 is 1. The summed E-state index contributed by atoms with van der Waals surface area (Å²) in [7, 11) is 1.08. The molecule has 0 fully saturated rings. The molecule has 1 amide bonds. The van der Waals surface area contributed by atoms with E-state index in [-0.39, 0.29) is 6.42 Å². The Morgan fingerprint density at radius 1 is 1.16 bits per heavy atom. The van der Waals surface area contributed by atoms with Crippen LogP contribution >= 0.6 is 0 Å². The van der Waals surface area contributed by atoms with Crippen LogP contribution in [0.4, 0.5) is 13.2 Å². The molecular formula is C12H20F3NO3. The highest BCUT2D eigenvalue weighted by atomic mass is 19.4. The number of alkyl halides is 3. The van der Waals surface area contributed by atoms with Crippen LogP contribution in [0.2, 0.25) is 0 Å². The van der Waals surface area contributed by atoms with Crippen molar-refractivity contribution in [1.29, 1.82) is 0 Å². The van der Waals surface area contributed by atoms with Crippen molar-refractivity contribution in [3.8, 4) is 0 Å². The van der Waals surface area contributed by atoms with Crippen LogP contribution in [0.1, 0.15) is 45.4 Å². The quantitative estimate of drug-likeness (QED) is 0.550. The summed E-state index contributed by atoms with van der Waals surface area (Å²) in [6, 6.07) is -1.24. The molecule has 0 aliphatic carbocycles. The molecule has 0 saturated heterocycles. The van der Waals surface area contributed by atoms with Crippen LogP contribution in [0.15, 0.2) is 0 Å². The number of carbonyl (C=O) groups excluding carboxylic acids is 2. The average molecular weight is 283 g/mol. The molecule has 112 valence electrons. The standard InChI is InChI=1S/C12H20F3NO3/c1-3-4-5-6-7-8-9(10(17)19-2)16-11(18)12(13,14)15/h9H,3-8H2,1-2H3,(H,16,18)/t9-/m0/s1. The van der Waals surface area contributed by atoms with E-state index in [2.05, 4.69) is 4.74 Å². The van der Waals surface area contributed by atoms with Crippen LogP contribution in [0.5, 0.6) is 0 Å². The molecular weight excluding hydrogens is 263 g/mol. The fourth-order valence-corrected chi connectivity index (χ4v) is 1.58. The number of ether oxygens (including phenoxy) is 1. The van der Waals surface area contributed by atoms with Gasteiger partial charge in [0.15, 0.2) is 0 Å². The van der Waals surface area contributed by atoms with E-state index in [1.807, 2.05) is 6.92 Å². The summed E-state index contributed by atoms with van der Waals surface area (Å²) >= 11 is 0. The number of unbranched alkanes of at least 4 members (excludes halogenated alkanes) is 4. The van der Waals surface area contributed by atoms with E-state index in [1.54, 1.807) is 5.32 Å². The Kier molecular flexibility index (Phi) is 8.18. The molecule has 0 saturated carbocycles. The van der Waals surface area contributed by atoms with Crippen molar-refractivity contribution in [2.75, 3.05) is 7.11 Å². The molecule has 1 N–H and O–H groups in total. The Morgan fingerprint density at radius 3 is 2.21 bits per heavy atom. The van der Waals surface area contributed by atoms with Gasteiger partial charge in [-0.2, -0.15) is 13.2 Å². The zero-order valence-electron chi connectivity index (χ0n) is 11.2. The van der Waals surface area contributed by atoms with E-state index in [0.717, 1.165) is 32.8 Å². The predicted octanol–water partition coefficient (Wildman–Crippen LogP) is 2.57. The molecule has 0 unspecified atom stereocenters. The lowest BCUT2D eigenvalue weighted by molar-refractivity contribution is -0.175. The van der Waals surface area contributed by atoms with Gasteiger partial charge in [-0.3, -0.25) is 4.79 Å². The Balaban J connectivity index is 4.25. The molecule has 0 bridgehead atoms. The average Bonchev–Trinajstić information content (AvgIpc) is 2.34. The van der Waals surface area contributed by atoms with Gasteiger partial charge in [-0.05, 0) is 6.42 Å². The smallest absolute Gasteiger partial charge is 0.467 e. The maximum atomic E-state index is 12.1. The normalized spacial score (nSPS) is 12.9. The van der Waals surface area contributed by atoms with E-state index in [4.69, 9.17) is 0 Å². The second-order valence-corrected chi connectivity index (χ2v) is 4.25. The summed E-state index contributed by atoms with van der Waals surface area (Å²) in [5, 5.41) is 1.66. The first-order chi connectivity index (χ1) is 8.82. The van der Waals surface area contributed by atoms with Crippen LogP contribution in [-0.2, 0) is 14.3 Å². The van der Waals surface area contributed by atoms with E-state index in [0.29, 0.717) is 6.42 Å². The molecule has 0 aliphatic rings. The zero-order valence-corrected chi connectivity index (χ0v) is 11.2. The Bertz CT molecular complexity index is 292. The van der Waals surface area contributed by atoms with Crippen molar-refractivity contribution < 1.29 is 27.5 Å². The van der Waals surface area contributed by atoms with Crippen LogP contribution in [-0.4, -0.2) is 31.2 Å². The Hall–Kier alpha value is -1.27. The molecule has 0 heterocycles. The molecule has 0 aromatic rings. The minimum Gasteiger partial charge on any atom is -0.467 e. The summed E-state index contributed by atoms with van der Waals surface area (Å²) in [5.41, 5.74) is 0. The molecule has 4 nitrogen and oxygen atoms in total. The Morgan fingerprint density at radius 2 is 1.74 bits per heavy atom. The predicted molar refractivity (Wildman–Crippen MR) is 63.4 cm³/mol. The fourth-order valence-electron chi connectivity index (χ4n) is 1.58. The molecule has 19 heavy (non-hydrogen) atoms. The summed E-state index contributed by atoms with van der Waals surface area (Å²) < 4.78 is 40.7. The van der Waals surface area contributed by atoms with E-state index in [1.165, 1.54) is 0 Å². The molecule has 0 aromatic carbocycles. The van der Waals surface area contributed by atoms with Crippen LogP contribution in [0.25, 0.3) is 0 Å². The number of carbonyl (C=O) groups is 2. The van der Waals surface area contributed by atoms with E-state index in [9.17, 15) is 22.8 Å². The summed E-state index contributed by atoms with van der Waals surface area (Å²) in [6.07, 6.45) is -0.422. The first kappa shape index (κ1) is 17.7. The largest absolute Gasteiger partial charge is 0.471 e. The van der Waals surface area contributed by atoms with Crippen LogP contribution in [0.3, 0.4) is 0 Å². The minimum absolute atomic E-state index is 0.151. The number of amides is 1. The third-order valence-electron chi connectivity index (χ3n) is 2.64. The number of esters is 1. The second-order valence-electron chi connectivity index (χ2n) is 4.25. The van der Waals surface area contributed by atoms with Gasteiger partial charge in [-0.25, -0.2) is 4.79 Å². The maximum Gasteiger partial charge on any atom is 0.471 e. The Labute approximate surface area is 110 Å². The fraction of sp³-hybridized carbons (Fsp3) is 0.833. The lowest BCUT2D eigenvalue weighted by Gasteiger charge is -2.17. The third kappa shape index (κ3) is 7.69. The molecule has 0 aromatic heterocycles. The van der Waals surface area contributed by atoms with Crippen molar-refractivity contribution in [3.05, 3.63) is 0 Å². The number of hydrogen-bond donors (Lipinski definition) is 1. The first-order valence-electron chi connectivity index (χ1n) is 6.28. The van der Waals surface area contributed by atoms with Crippen molar-refractivity contribution in [1.82, 2.24) is 5.32 Å². The molecule has 0 rings (SSSR count). The van der Waals surface area contributed by atoms with Gasteiger partial charge in [0, 0.05) is 0 Å². The molecule has 0 radical (unpaired) electrons. The maximum absolute atomic E-state index is 12.1. The topological polar surface area (TPSA) is 55.4 Å². The summed E-state index contributed by atoms with van der Waals surface area (Å²) in [4.78, 5) is 22.1. The summed E-state index contributed by atoms with van der Waals surface area (Å²) in [5.74, 6) is -2.97. The second kappa shape index (κ2) is 8.77. The minimum atomic E-state index is -4.99. The van der Waals surface area contributed by atoms with Gasteiger partial charge >= 0.3 is 18.1 Å². The highest BCUT2D eigenvalue weighted by Gasteiger charge is 2.40. The van der Waals surface area contributed by atoms with Crippen molar-refractivity contribution >= 4 is 11.9 Å². The number of hydrogen-bond acceptors (Lipinski definition) is 3. The van der Waals surface area contributed by atoms with E-state index >= 15 is 0 Å². The van der Waals surface area contributed by atoms with Gasteiger partial charge in [0.2, 0.25) is 0 Å². The SMILES string of the molecule is CCCCCCC[C@H](NC(=O)C(F)(F)F)C(=O)OC. The first-order valence-corrected chi connectivity index (χ1v) is 6.28. The molecule has 7 heteroatoms. The van der Waals surface area contributed by atoms with E-state index < -0.39 is 24.1 Å². The van der Waals surface area contributed by atoms with Gasteiger partial charge in [0.25, 0.3) is 0 Å². The van der Waals surface area contributed by atoms with Gasteiger partial charge in [0.1, 0.15) is 6.04 Å². The van der Waals surface area contributed by atoms with Crippen LogP contribution < -0.4 is 5.32 Å². The summed E-state index contributed by atoms with van der Waals surface area (Å²) in [6.45, 7) is 2.04. The highest BCUT2D eigenvalue weighted by Crippen LogP contribution is 2.16.